The molecule has 0 saturated carbocycles. The Morgan fingerprint density at radius 3 is 2.93 bits per heavy atom. The van der Waals surface area contributed by atoms with Gasteiger partial charge in [-0.25, -0.2) is 0 Å². The summed E-state index contributed by atoms with van der Waals surface area (Å²) in [5, 5.41) is 15.7. The maximum atomic E-state index is 11.0. The minimum Gasteiger partial charge on any atom is -0.261 e. The zero-order chi connectivity index (χ0) is 11.0. The standard InChI is InChI=1S/C10H9N3O2/c1-3-7-4-5-8-6-11-12(2)9(8)10(7)13(14)15/h3-6H,1H2,2H3. The number of benzene rings is 1. The van der Waals surface area contributed by atoms with Gasteiger partial charge in [0.05, 0.1) is 16.7 Å². The number of hydrogen-bond acceptors (Lipinski definition) is 3. The van der Waals surface area contributed by atoms with E-state index in [0.29, 0.717) is 11.1 Å². The number of rotatable bonds is 2. The Kier molecular flexibility index (Phi) is 2.00. The van der Waals surface area contributed by atoms with E-state index >= 15 is 0 Å². The van der Waals surface area contributed by atoms with Crippen LogP contribution < -0.4 is 0 Å². The molecule has 0 atom stereocenters. The number of nitrogens with zero attached hydrogens (tertiary/aromatic N) is 3. The highest BCUT2D eigenvalue weighted by molar-refractivity contribution is 5.91. The molecule has 2 aromatic rings. The fourth-order valence-electron chi connectivity index (χ4n) is 1.62. The Bertz CT molecular complexity index is 557. The fraction of sp³-hybridized carbons (Fsp3) is 0.100. The second-order valence-electron chi connectivity index (χ2n) is 3.17. The lowest BCUT2D eigenvalue weighted by Gasteiger charge is -2.00. The maximum absolute atomic E-state index is 11.0. The van der Waals surface area contributed by atoms with E-state index in [2.05, 4.69) is 11.7 Å². The predicted molar refractivity (Wildman–Crippen MR) is 57.5 cm³/mol. The summed E-state index contributed by atoms with van der Waals surface area (Å²) < 4.78 is 1.50. The van der Waals surface area contributed by atoms with Gasteiger partial charge in [-0.1, -0.05) is 18.7 Å². The van der Waals surface area contributed by atoms with Crippen molar-refractivity contribution in [1.29, 1.82) is 0 Å². The van der Waals surface area contributed by atoms with E-state index < -0.39 is 4.92 Å². The van der Waals surface area contributed by atoms with Gasteiger partial charge < -0.3 is 0 Å². The largest absolute Gasteiger partial charge is 0.302 e. The second kappa shape index (κ2) is 3.20. The molecule has 15 heavy (non-hydrogen) atoms. The van der Waals surface area contributed by atoms with Gasteiger partial charge in [0.1, 0.15) is 5.52 Å². The highest BCUT2D eigenvalue weighted by Crippen LogP contribution is 2.29. The average Bonchev–Trinajstić information content (AvgIpc) is 2.59. The summed E-state index contributed by atoms with van der Waals surface area (Å²) in [5.41, 5.74) is 1.09. The van der Waals surface area contributed by atoms with Crippen molar-refractivity contribution in [2.45, 2.75) is 0 Å². The number of nitro groups is 1. The molecular formula is C10H9N3O2. The minimum absolute atomic E-state index is 0.0579. The van der Waals surface area contributed by atoms with Gasteiger partial charge in [0, 0.05) is 12.4 Å². The van der Waals surface area contributed by atoms with Gasteiger partial charge in [-0.05, 0) is 6.07 Å². The number of nitro benzene ring substituents is 1. The lowest BCUT2D eigenvalue weighted by atomic mass is 10.1. The molecule has 0 bridgehead atoms. The van der Waals surface area contributed by atoms with E-state index in [4.69, 9.17) is 0 Å². The van der Waals surface area contributed by atoms with Gasteiger partial charge in [-0.15, -0.1) is 0 Å². The van der Waals surface area contributed by atoms with E-state index in [1.807, 2.05) is 0 Å². The summed E-state index contributed by atoms with van der Waals surface area (Å²) in [6.07, 6.45) is 3.08. The molecule has 0 aliphatic carbocycles. The Morgan fingerprint density at radius 1 is 1.60 bits per heavy atom. The summed E-state index contributed by atoms with van der Waals surface area (Å²) in [7, 11) is 1.68. The summed E-state index contributed by atoms with van der Waals surface area (Å²) in [6, 6.07) is 3.47. The quantitative estimate of drug-likeness (QED) is 0.554. The molecule has 0 radical (unpaired) electrons. The van der Waals surface area contributed by atoms with Gasteiger partial charge in [0.15, 0.2) is 0 Å². The van der Waals surface area contributed by atoms with Crippen LogP contribution in [-0.2, 0) is 7.05 Å². The van der Waals surface area contributed by atoms with Crippen LogP contribution in [0.2, 0.25) is 0 Å². The summed E-state index contributed by atoms with van der Waals surface area (Å²) in [5.74, 6) is 0. The van der Waals surface area contributed by atoms with Gasteiger partial charge in [-0.3, -0.25) is 14.8 Å². The van der Waals surface area contributed by atoms with Crippen molar-refractivity contribution in [2.75, 3.05) is 0 Å². The summed E-state index contributed by atoms with van der Waals surface area (Å²) >= 11 is 0. The number of aromatic nitrogens is 2. The van der Waals surface area contributed by atoms with Crippen LogP contribution in [-0.4, -0.2) is 14.7 Å². The minimum atomic E-state index is -0.402. The molecule has 0 N–H and O–H groups in total. The van der Waals surface area contributed by atoms with Crippen molar-refractivity contribution in [2.24, 2.45) is 7.05 Å². The van der Waals surface area contributed by atoms with E-state index in [1.165, 1.54) is 10.8 Å². The first-order chi connectivity index (χ1) is 7.15. The molecular weight excluding hydrogens is 194 g/mol. The van der Waals surface area contributed by atoms with Crippen LogP contribution in [0.4, 0.5) is 5.69 Å². The number of aryl methyl sites for hydroxylation is 1. The van der Waals surface area contributed by atoms with Crippen molar-refractivity contribution < 1.29 is 4.92 Å². The predicted octanol–water partition coefficient (Wildman–Crippen LogP) is 2.12. The van der Waals surface area contributed by atoms with Crippen LogP contribution in [0.3, 0.4) is 0 Å². The van der Waals surface area contributed by atoms with Gasteiger partial charge in [0.25, 0.3) is 0 Å². The number of fused-ring (bicyclic) bond motifs is 1. The molecule has 1 aromatic carbocycles. The topological polar surface area (TPSA) is 61.0 Å². The van der Waals surface area contributed by atoms with Crippen molar-refractivity contribution in [1.82, 2.24) is 9.78 Å². The van der Waals surface area contributed by atoms with Crippen molar-refractivity contribution >= 4 is 22.7 Å². The molecule has 1 aromatic heterocycles. The van der Waals surface area contributed by atoms with E-state index in [0.717, 1.165) is 5.39 Å². The third-order valence-corrected chi connectivity index (χ3v) is 2.31. The highest BCUT2D eigenvalue weighted by Gasteiger charge is 2.19. The Balaban J connectivity index is 2.95. The molecule has 0 aliphatic heterocycles. The van der Waals surface area contributed by atoms with Crippen LogP contribution in [0.1, 0.15) is 5.56 Å². The normalized spacial score (nSPS) is 10.5. The highest BCUT2D eigenvalue weighted by atomic mass is 16.6. The van der Waals surface area contributed by atoms with Gasteiger partial charge in [0.2, 0.25) is 0 Å². The third-order valence-electron chi connectivity index (χ3n) is 2.31. The first-order valence-electron chi connectivity index (χ1n) is 4.36. The molecule has 0 fully saturated rings. The second-order valence-corrected chi connectivity index (χ2v) is 3.17. The molecule has 76 valence electrons. The zero-order valence-electron chi connectivity index (χ0n) is 8.17. The summed E-state index contributed by atoms with van der Waals surface area (Å²) in [6.45, 7) is 3.56. The monoisotopic (exact) mass is 203 g/mol. The Morgan fingerprint density at radius 2 is 2.33 bits per heavy atom. The van der Waals surface area contributed by atoms with Gasteiger partial charge in [-0.2, -0.15) is 5.10 Å². The molecule has 0 aliphatic rings. The molecule has 0 saturated heterocycles. The Labute approximate surface area is 85.8 Å². The zero-order valence-corrected chi connectivity index (χ0v) is 8.17. The number of hydrogen-bond donors (Lipinski definition) is 0. The SMILES string of the molecule is C=Cc1ccc2cnn(C)c2c1[N+](=O)[O-]. The third kappa shape index (κ3) is 1.28. The fourth-order valence-corrected chi connectivity index (χ4v) is 1.62. The first-order valence-corrected chi connectivity index (χ1v) is 4.36. The van der Waals surface area contributed by atoms with Crippen molar-refractivity contribution in [3.63, 3.8) is 0 Å². The van der Waals surface area contributed by atoms with Crippen LogP contribution in [0.25, 0.3) is 17.0 Å². The molecule has 1 heterocycles. The van der Waals surface area contributed by atoms with Gasteiger partial charge >= 0.3 is 5.69 Å². The molecule has 0 unspecified atom stereocenters. The average molecular weight is 203 g/mol. The van der Waals surface area contributed by atoms with Crippen LogP contribution >= 0.6 is 0 Å². The Hall–Kier alpha value is -2.17. The first kappa shape index (κ1) is 9.39. The summed E-state index contributed by atoms with van der Waals surface area (Å²) in [4.78, 5) is 10.6. The molecule has 2 rings (SSSR count). The van der Waals surface area contributed by atoms with E-state index in [-0.39, 0.29) is 5.69 Å². The smallest absolute Gasteiger partial charge is 0.261 e. The van der Waals surface area contributed by atoms with E-state index in [9.17, 15) is 10.1 Å². The van der Waals surface area contributed by atoms with Crippen LogP contribution in [0.15, 0.2) is 24.9 Å². The molecule has 5 nitrogen and oxygen atoms in total. The van der Waals surface area contributed by atoms with E-state index in [1.54, 1.807) is 25.4 Å². The van der Waals surface area contributed by atoms with Crippen molar-refractivity contribution in [3.05, 3.63) is 40.6 Å². The molecule has 0 spiro atoms. The molecule has 5 heteroatoms. The molecule has 0 amide bonds. The maximum Gasteiger partial charge on any atom is 0.302 e. The lowest BCUT2D eigenvalue weighted by molar-refractivity contribution is -0.383. The van der Waals surface area contributed by atoms with Crippen LogP contribution in [0.5, 0.6) is 0 Å². The van der Waals surface area contributed by atoms with Crippen LogP contribution in [0, 0.1) is 10.1 Å². The lowest BCUT2D eigenvalue weighted by Crippen LogP contribution is -1.97. The van der Waals surface area contributed by atoms with Crippen molar-refractivity contribution in [3.8, 4) is 0 Å².